The minimum absolute atomic E-state index is 0.507. The number of aryl methyl sites for hydroxylation is 1. The van der Waals surface area contributed by atoms with Crippen LogP contribution in [-0.2, 0) is 6.54 Å². The molecule has 5 nitrogen and oxygen atoms in total. The Morgan fingerprint density at radius 1 is 1.45 bits per heavy atom. The van der Waals surface area contributed by atoms with E-state index in [0.29, 0.717) is 6.04 Å². The van der Waals surface area contributed by atoms with E-state index in [9.17, 15) is 0 Å². The summed E-state index contributed by atoms with van der Waals surface area (Å²) in [6.45, 7) is 5.94. The molecule has 0 aliphatic heterocycles. The third kappa shape index (κ3) is 2.93. The van der Waals surface area contributed by atoms with Gasteiger partial charge in [-0.05, 0) is 50.3 Å². The number of nitrogens with zero attached hydrogens (tertiary/aromatic N) is 3. The van der Waals surface area contributed by atoms with Crippen LogP contribution in [-0.4, -0.2) is 21.4 Å². The summed E-state index contributed by atoms with van der Waals surface area (Å²) >= 11 is 0. The molecule has 1 atom stereocenters. The second kappa shape index (κ2) is 5.79. The fraction of sp³-hybridized carbons (Fsp3) is 0.600. The Morgan fingerprint density at radius 2 is 2.30 bits per heavy atom. The molecule has 1 aliphatic carbocycles. The molecule has 0 radical (unpaired) electrons. The van der Waals surface area contributed by atoms with Gasteiger partial charge in [0.05, 0.1) is 6.54 Å². The highest BCUT2D eigenvalue weighted by molar-refractivity contribution is 5.19. The van der Waals surface area contributed by atoms with Gasteiger partial charge in [-0.2, -0.15) is 0 Å². The standard InChI is InChI=1S/C15H22N4O/c1-3-7-16-15(12-4-5-12)13-6-8-19(9-13)10-14-11(2)17-20-18-14/h6,8-9,12,15-16H,3-5,7,10H2,1-2H3. The molecule has 1 fully saturated rings. The van der Waals surface area contributed by atoms with Crippen molar-refractivity contribution in [1.29, 1.82) is 0 Å². The minimum atomic E-state index is 0.507. The van der Waals surface area contributed by atoms with Crippen molar-refractivity contribution in [1.82, 2.24) is 20.2 Å². The van der Waals surface area contributed by atoms with Gasteiger partial charge in [0.15, 0.2) is 0 Å². The summed E-state index contributed by atoms with van der Waals surface area (Å²) in [6, 6.07) is 2.72. The Morgan fingerprint density at radius 3 is 2.95 bits per heavy atom. The predicted octanol–water partition coefficient (Wildman–Crippen LogP) is 2.68. The lowest BCUT2D eigenvalue weighted by Crippen LogP contribution is -2.23. The lowest BCUT2D eigenvalue weighted by Gasteiger charge is -2.16. The Bertz CT molecular complexity index is 556. The summed E-state index contributed by atoms with van der Waals surface area (Å²) in [7, 11) is 0. The highest BCUT2D eigenvalue weighted by atomic mass is 16.6. The highest BCUT2D eigenvalue weighted by Crippen LogP contribution is 2.41. The van der Waals surface area contributed by atoms with Crippen LogP contribution >= 0.6 is 0 Å². The van der Waals surface area contributed by atoms with E-state index in [1.165, 1.54) is 24.8 Å². The third-order valence-corrected chi connectivity index (χ3v) is 3.92. The molecule has 3 rings (SSSR count). The van der Waals surface area contributed by atoms with Crippen molar-refractivity contribution in [3.05, 3.63) is 35.4 Å². The zero-order valence-electron chi connectivity index (χ0n) is 12.2. The Hall–Kier alpha value is -1.62. The van der Waals surface area contributed by atoms with Crippen molar-refractivity contribution in [2.75, 3.05) is 6.54 Å². The fourth-order valence-corrected chi connectivity index (χ4v) is 2.59. The first-order valence-electron chi connectivity index (χ1n) is 7.45. The molecule has 0 amide bonds. The molecule has 0 saturated heterocycles. The zero-order chi connectivity index (χ0) is 13.9. The molecule has 1 aliphatic rings. The molecular weight excluding hydrogens is 252 g/mol. The summed E-state index contributed by atoms with van der Waals surface area (Å²) < 4.78 is 6.91. The summed E-state index contributed by atoms with van der Waals surface area (Å²) in [5, 5.41) is 11.4. The van der Waals surface area contributed by atoms with E-state index in [1.54, 1.807) is 0 Å². The molecule has 2 heterocycles. The topological polar surface area (TPSA) is 55.9 Å². The van der Waals surface area contributed by atoms with Crippen molar-refractivity contribution >= 4 is 0 Å². The van der Waals surface area contributed by atoms with Crippen LogP contribution in [0.1, 0.15) is 49.2 Å². The van der Waals surface area contributed by atoms with Crippen molar-refractivity contribution in [3.63, 3.8) is 0 Å². The van der Waals surface area contributed by atoms with Crippen LogP contribution in [0.15, 0.2) is 23.1 Å². The maximum atomic E-state index is 4.75. The monoisotopic (exact) mass is 274 g/mol. The molecule has 1 unspecified atom stereocenters. The minimum Gasteiger partial charge on any atom is -0.348 e. The van der Waals surface area contributed by atoms with E-state index in [0.717, 1.165) is 30.4 Å². The normalized spacial score (nSPS) is 16.5. The third-order valence-electron chi connectivity index (χ3n) is 3.92. The van der Waals surface area contributed by atoms with E-state index in [-0.39, 0.29) is 0 Å². The van der Waals surface area contributed by atoms with Gasteiger partial charge >= 0.3 is 0 Å². The molecule has 1 saturated carbocycles. The summed E-state index contributed by atoms with van der Waals surface area (Å²) in [4.78, 5) is 0. The molecule has 0 aromatic carbocycles. The molecule has 20 heavy (non-hydrogen) atoms. The number of rotatable bonds is 7. The van der Waals surface area contributed by atoms with E-state index in [4.69, 9.17) is 4.63 Å². The molecule has 1 N–H and O–H groups in total. The molecule has 0 bridgehead atoms. The predicted molar refractivity (Wildman–Crippen MR) is 76.3 cm³/mol. The molecule has 2 aromatic rings. The molecule has 2 aromatic heterocycles. The zero-order valence-corrected chi connectivity index (χ0v) is 12.2. The molecule has 0 spiro atoms. The Labute approximate surface area is 119 Å². The van der Waals surface area contributed by atoms with E-state index in [1.807, 2.05) is 6.92 Å². The lowest BCUT2D eigenvalue weighted by atomic mass is 10.1. The highest BCUT2D eigenvalue weighted by Gasteiger charge is 2.32. The summed E-state index contributed by atoms with van der Waals surface area (Å²) in [6.07, 6.45) is 8.21. The van der Waals surface area contributed by atoms with Crippen LogP contribution < -0.4 is 5.32 Å². The van der Waals surface area contributed by atoms with Gasteiger partial charge in [-0.15, -0.1) is 0 Å². The van der Waals surface area contributed by atoms with Gasteiger partial charge in [0.1, 0.15) is 11.4 Å². The first-order valence-corrected chi connectivity index (χ1v) is 7.45. The first-order chi connectivity index (χ1) is 9.78. The van der Waals surface area contributed by atoms with Crippen LogP contribution in [0, 0.1) is 12.8 Å². The van der Waals surface area contributed by atoms with Gasteiger partial charge < -0.3 is 9.88 Å². The van der Waals surface area contributed by atoms with Crippen molar-refractivity contribution in [3.8, 4) is 0 Å². The van der Waals surface area contributed by atoms with Crippen molar-refractivity contribution in [2.24, 2.45) is 5.92 Å². The SMILES string of the molecule is CCCNC(c1ccn(Cc2nonc2C)c1)C1CC1. The molecule has 108 valence electrons. The van der Waals surface area contributed by atoms with Crippen molar-refractivity contribution < 1.29 is 4.63 Å². The maximum Gasteiger partial charge on any atom is 0.127 e. The van der Waals surface area contributed by atoms with Gasteiger partial charge in [-0.3, -0.25) is 0 Å². The van der Waals surface area contributed by atoms with Crippen LogP contribution in [0.2, 0.25) is 0 Å². The van der Waals surface area contributed by atoms with E-state index >= 15 is 0 Å². The van der Waals surface area contributed by atoms with Gasteiger partial charge in [0, 0.05) is 18.4 Å². The number of aromatic nitrogens is 3. The molecular formula is C15H22N4O. The van der Waals surface area contributed by atoms with Gasteiger partial charge in [0.25, 0.3) is 0 Å². The van der Waals surface area contributed by atoms with E-state index in [2.05, 4.69) is 45.6 Å². The van der Waals surface area contributed by atoms with Crippen molar-refractivity contribution in [2.45, 2.75) is 45.7 Å². The van der Waals surface area contributed by atoms with Gasteiger partial charge in [-0.25, -0.2) is 4.63 Å². The lowest BCUT2D eigenvalue weighted by molar-refractivity contribution is 0.300. The number of hydrogen-bond acceptors (Lipinski definition) is 4. The summed E-state index contributed by atoms with van der Waals surface area (Å²) in [5.74, 6) is 0.813. The smallest absolute Gasteiger partial charge is 0.127 e. The molecule has 5 heteroatoms. The maximum absolute atomic E-state index is 4.75. The van der Waals surface area contributed by atoms with E-state index < -0.39 is 0 Å². The van der Waals surface area contributed by atoms with Crippen LogP contribution in [0.25, 0.3) is 0 Å². The second-order valence-corrected chi connectivity index (χ2v) is 5.68. The van der Waals surface area contributed by atoms with Crippen LogP contribution in [0.4, 0.5) is 0 Å². The number of nitrogens with one attached hydrogen (secondary N) is 1. The van der Waals surface area contributed by atoms with Crippen LogP contribution in [0.5, 0.6) is 0 Å². The van der Waals surface area contributed by atoms with Gasteiger partial charge in [-0.1, -0.05) is 17.2 Å². The first kappa shape index (κ1) is 13.4. The van der Waals surface area contributed by atoms with Crippen LogP contribution in [0.3, 0.4) is 0 Å². The fourth-order valence-electron chi connectivity index (χ4n) is 2.59. The quantitative estimate of drug-likeness (QED) is 0.843. The number of hydrogen-bond donors (Lipinski definition) is 1. The average Bonchev–Trinajstić information content (AvgIpc) is 3.05. The summed E-state index contributed by atoms with van der Waals surface area (Å²) in [5.41, 5.74) is 3.15. The van der Waals surface area contributed by atoms with Gasteiger partial charge in [0.2, 0.25) is 0 Å². The second-order valence-electron chi connectivity index (χ2n) is 5.68. The largest absolute Gasteiger partial charge is 0.348 e. The average molecular weight is 274 g/mol. The Balaban J connectivity index is 1.70. The Kier molecular flexibility index (Phi) is 3.87.